The van der Waals surface area contributed by atoms with Crippen LogP contribution in [-0.4, -0.2) is 18.2 Å². The van der Waals surface area contributed by atoms with Crippen LogP contribution in [0, 0.1) is 18.2 Å². The number of carbonyl (C=O) groups excluding carboxylic acids is 2. The second-order valence-corrected chi connectivity index (χ2v) is 6.22. The van der Waals surface area contributed by atoms with Crippen molar-refractivity contribution in [1.82, 2.24) is 0 Å². The van der Waals surface area contributed by atoms with Crippen molar-refractivity contribution in [3.05, 3.63) is 29.1 Å². The summed E-state index contributed by atoms with van der Waals surface area (Å²) in [6.07, 6.45) is 0.780. The van der Waals surface area contributed by atoms with Crippen LogP contribution in [0.3, 0.4) is 0 Å². The molecule has 0 saturated carbocycles. The molecule has 0 fully saturated rings. The Kier molecular flexibility index (Phi) is 3.20. The van der Waals surface area contributed by atoms with Crippen LogP contribution in [-0.2, 0) is 4.79 Å². The van der Waals surface area contributed by atoms with Crippen LogP contribution in [0.15, 0.2) is 12.1 Å². The van der Waals surface area contributed by atoms with Crippen LogP contribution in [0.1, 0.15) is 43.1 Å². The first-order chi connectivity index (χ1) is 8.70. The smallest absolute Gasteiger partial charge is 0.299 e. The molecule has 1 heterocycles. The van der Waals surface area contributed by atoms with Crippen LogP contribution >= 0.6 is 0 Å². The Hall–Kier alpha value is -1.71. The molecule has 0 aliphatic carbocycles. The van der Waals surface area contributed by atoms with E-state index in [0.717, 1.165) is 12.5 Å². The van der Waals surface area contributed by atoms with Gasteiger partial charge in [0.1, 0.15) is 5.82 Å². The molecule has 0 atom stereocenters. The van der Waals surface area contributed by atoms with Crippen molar-refractivity contribution >= 4 is 17.4 Å². The highest BCUT2D eigenvalue weighted by Gasteiger charge is 2.37. The number of halogens is 1. The first-order valence-electron chi connectivity index (χ1n) is 6.37. The van der Waals surface area contributed by atoms with Crippen LogP contribution in [0.2, 0.25) is 0 Å². The first kappa shape index (κ1) is 13.7. The van der Waals surface area contributed by atoms with E-state index < -0.39 is 17.5 Å². The Labute approximate surface area is 112 Å². The molecule has 1 aliphatic rings. The minimum absolute atomic E-state index is 0.0695. The number of aryl methyl sites for hydroxylation is 1. The van der Waals surface area contributed by atoms with Crippen molar-refractivity contribution < 1.29 is 14.0 Å². The standard InChI is InChI=1S/C15H18FNO2/c1-9-7-10(16)8-11-12(9)17(14(19)13(11)18)6-5-15(2,3)4/h7-8H,5-6H2,1-4H3. The second kappa shape index (κ2) is 4.44. The van der Waals surface area contributed by atoms with Gasteiger partial charge in [-0.3, -0.25) is 9.59 Å². The van der Waals surface area contributed by atoms with Gasteiger partial charge in [-0.1, -0.05) is 20.8 Å². The lowest BCUT2D eigenvalue weighted by atomic mass is 9.92. The van der Waals surface area contributed by atoms with E-state index in [2.05, 4.69) is 20.8 Å². The molecule has 1 amide bonds. The Bertz CT molecular complexity index is 558. The molecule has 1 aliphatic heterocycles. The lowest BCUT2D eigenvalue weighted by Crippen LogP contribution is -2.32. The summed E-state index contributed by atoms with van der Waals surface area (Å²) in [5.74, 6) is -1.63. The van der Waals surface area contributed by atoms with Gasteiger partial charge in [0.2, 0.25) is 0 Å². The van der Waals surface area contributed by atoms with Gasteiger partial charge in [0.15, 0.2) is 0 Å². The summed E-state index contributed by atoms with van der Waals surface area (Å²) in [5, 5.41) is 0. The van der Waals surface area contributed by atoms with E-state index >= 15 is 0 Å². The van der Waals surface area contributed by atoms with E-state index in [-0.39, 0.29) is 11.0 Å². The lowest BCUT2D eigenvalue weighted by Gasteiger charge is -2.24. The summed E-state index contributed by atoms with van der Waals surface area (Å²) in [5.41, 5.74) is 1.46. The Morgan fingerprint density at radius 2 is 1.84 bits per heavy atom. The summed E-state index contributed by atoms with van der Waals surface area (Å²) >= 11 is 0. The number of fused-ring (bicyclic) bond motifs is 1. The molecule has 102 valence electrons. The number of nitrogens with zero attached hydrogens (tertiary/aromatic N) is 1. The van der Waals surface area contributed by atoms with Gasteiger partial charge in [-0.2, -0.15) is 0 Å². The number of anilines is 1. The van der Waals surface area contributed by atoms with Crippen molar-refractivity contribution in [3.63, 3.8) is 0 Å². The highest BCUT2D eigenvalue weighted by Crippen LogP contribution is 2.34. The normalized spacial score (nSPS) is 15.1. The van der Waals surface area contributed by atoms with Gasteiger partial charge in [-0.25, -0.2) is 4.39 Å². The summed E-state index contributed by atoms with van der Waals surface area (Å²) in [6, 6.07) is 2.51. The number of hydrogen-bond acceptors (Lipinski definition) is 2. The van der Waals surface area contributed by atoms with E-state index in [0.29, 0.717) is 17.8 Å². The van der Waals surface area contributed by atoms with Crippen molar-refractivity contribution in [2.45, 2.75) is 34.1 Å². The highest BCUT2D eigenvalue weighted by atomic mass is 19.1. The van der Waals surface area contributed by atoms with Crippen LogP contribution in [0.4, 0.5) is 10.1 Å². The van der Waals surface area contributed by atoms with Gasteiger partial charge in [0, 0.05) is 6.54 Å². The molecule has 2 rings (SSSR count). The monoisotopic (exact) mass is 263 g/mol. The molecule has 19 heavy (non-hydrogen) atoms. The van der Waals surface area contributed by atoms with Crippen LogP contribution in [0.25, 0.3) is 0 Å². The van der Waals surface area contributed by atoms with Crippen LogP contribution < -0.4 is 4.90 Å². The molecule has 0 aromatic heterocycles. The quantitative estimate of drug-likeness (QED) is 0.769. The molecule has 4 heteroatoms. The number of benzene rings is 1. The number of ketones is 1. The Morgan fingerprint density at radius 3 is 2.42 bits per heavy atom. The summed E-state index contributed by atoms with van der Waals surface area (Å²) in [4.78, 5) is 25.4. The second-order valence-electron chi connectivity index (χ2n) is 6.22. The van der Waals surface area contributed by atoms with Gasteiger partial charge in [0.25, 0.3) is 11.7 Å². The predicted molar refractivity (Wildman–Crippen MR) is 71.9 cm³/mol. The minimum Gasteiger partial charge on any atom is -0.304 e. The maximum Gasteiger partial charge on any atom is 0.299 e. The third-order valence-corrected chi connectivity index (χ3v) is 3.30. The number of rotatable bonds is 2. The lowest BCUT2D eigenvalue weighted by molar-refractivity contribution is -0.114. The Balaban J connectivity index is 2.39. The molecule has 0 bridgehead atoms. The van der Waals surface area contributed by atoms with Gasteiger partial charge >= 0.3 is 0 Å². The molecule has 0 N–H and O–H groups in total. The topological polar surface area (TPSA) is 37.4 Å². The highest BCUT2D eigenvalue weighted by molar-refractivity contribution is 6.52. The maximum atomic E-state index is 13.3. The molecule has 0 radical (unpaired) electrons. The van der Waals surface area contributed by atoms with Gasteiger partial charge in [0.05, 0.1) is 11.3 Å². The fraction of sp³-hybridized carbons (Fsp3) is 0.467. The number of Topliss-reactive ketones (excluding diaryl/α,β-unsaturated/α-hetero) is 1. The largest absolute Gasteiger partial charge is 0.304 e. The van der Waals surface area contributed by atoms with Crippen molar-refractivity contribution in [2.24, 2.45) is 5.41 Å². The van der Waals surface area contributed by atoms with Gasteiger partial charge in [-0.15, -0.1) is 0 Å². The molecule has 0 unspecified atom stereocenters. The zero-order valence-electron chi connectivity index (χ0n) is 11.7. The van der Waals surface area contributed by atoms with Gasteiger partial charge in [-0.05, 0) is 36.5 Å². The molecule has 0 spiro atoms. The summed E-state index contributed by atoms with van der Waals surface area (Å²) in [6.45, 7) is 8.43. The predicted octanol–water partition coefficient (Wildman–Crippen LogP) is 3.10. The third-order valence-electron chi connectivity index (χ3n) is 3.30. The van der Waals surface area contributed by atoms with Crippen molar-refractivity contribution in [2.75, 3.05) is 11.4 Å². The Morgan fingerprint density at radius 1 is 1.21 bits per heavy atom. The zero-order chi connectivity index (χ0) is 14.4. The first-order valence-corrected chi connectivity index (χ1v) is 6.37. The van der Waals surface area contributed by atoms with Crippen LogP contribution in [0.5, 0.6) is 0 Å². The maximum absolute atomic E-state index is 13.3. The number of hydrogen-bond donors (Lipinski definition) is 0. The molecular formula is C15H18FNO2. The molecule has 0 saturated heterocycles. The van der Waals surface area contributed by atoms with Crippen molar-refractivity contribution in [3.8, 4) is 0 Å². The van der Waals surface area contributed by atoms with E-state index in [4.69, 9.17) is 0 Å². The van der Waals surface area contributed by atoms with E-state index in [1.165, 1.54) is 11.0 Å². The number of amides is 1. The van der Waals surface area contributed by atoms with Crippen molar-refractivity contribution in [1.29, 1.82) is 0 Å². The SMILES string of the molecule is Cc1cc(F)cc2c1N(CCC(C)(C)C)C(=O)C2=O. The molecular weight excluding hydrogens is 245 g/mol. The van der Waals surface area contributed by atoms with E-state index in [9.17, 15) is 14.0 Å². The fourth-order valence-corrected chi connectivity index (χ4v) is 2.27. The summed E-state index contributed by atoms with van der Waals surface area (Å²) < 4.78 is 13.3. The third kappa shape index (κ3) is 2.53. The fourth-order valence-electron chi connectivity index (χ4n) is 2.27. The average molecular weight is 263 g/mol. The molecule has 3 nitrogen and oxygen atoms in total. The van der Waals surface area contributed by atoms with Gasteiger partial charge < -0.3 is 4.90 Å². The minimum atomic E-state index is -0.605. The van der Waals surface area contributed by atoms with E-state index in [1.807, 2.05) is 0 Å². The molecule has 1 aromatic carbocycles. The van der Waals surface area contributed by atoms with E-state index in [1.54, 1.807) is 6.92 Å². The zero-order valence-corrected chi connectivity index (χ0v) is 11.7. The average Bonchev–Trinajstić information content (AvgIpc) is 2.50. The number of carbonyl (C=O) groups is 2. The summed E-state index contributed by atoms with van der Waals surface area (Å²) in [7, 11) is 0. The molecule has 1 aromatic rings.